The molecule has 0 fully saturated rings. The average molecular weight is 999 g/mol. The molecule has 60 heavy (non-hydrogen) atoms. The summed E-state index contributed by atoms with van der Waals surface area (Å²) in [6.45, 7) is 0. The van der Waals surface area contributed by atoms with Gasteiger partial charge in [-0.3, -0.25) is 10.1 Å². The third kappa shape index (κ3) is 7.36. The van der Waals surface area contributed by atoms with E-state index in [1.807, 2.05) is 6.08 Å². The van der Waals surface area contributed by atoms with Crippen molar-refractivity contribution in [2.45, 2.75) is 0 Å². The van der Waals surface area contributed by atoms with E-state index >= 15 is 0 Å². The van der Waals surface area contributed by atoms with E-state index in [0.29, 0.717) is 81.4 Å². The Labute approximate surface area is 394 Å². The molecule has 16 heteroatoms. The number of aromatic nitrogens is 4. The van der Waals surface area contributed by atoms with Gasteiger partial charge in [0.05, 0.1) is 22.0 Å². The van der Waals surface area contributed by atoms with E-state index in [2.05, 4.69) is 0 Å². The number of nitrogens with zero attached hydrogens (tertiary/aromatic N) is 5. The minimum absolute atomic E-state index is 0. The Morgan fingerprint density at radius 3 is 1.05 bits per heavy atom. The molecular weight excluding hydrogens is 980 g/mol. The number of benzene rings is 4. The van der Waals surface area contributed by atoms with Gasteiger partial charge >= 0.3 is 19.5 Å². The maximum atomic E-state index is 13.1. The van der Waals surface area contributed by atoms with Crippen LogP contribution in [0.15, 0.2) is 97.1 Å². The maximum absolute atomic E-state index is 13.1. The molecule has 0 saturated heterocycles. The summed E-state index contributed by atoms with van der Waals surface area (Å²) in [6.07, 6.45) is 4.96. The van der Waals surface area contributed by atoms with Crippen LogP contribution in [0.5, 0.6) is 0 Å². The van der Waals surface area contributed by atoms with E-state index < -0.39 is 4.92 Å². The first-order valence-corrected chi connectivity index (χ1v) is 20.4. The van der Waals surface area contributed by atoms with Gasteiger partial charge in [0.1, 0.15) is 5.69 Å². The molecule has 3 aromatic heterocycles. The molecule has 290 valence electrons. The SMILES string of the molecule is O=[N+]([O-])C1=Cc2nc1c(-c1c(Cl)cccc1Cl)c1ccc([n-]1)c(-c1c(Cl)cccc1Cl)c1nc(c(-c3c(Cl)cccc3Cl)c3ccc([n-]3)c2-c2c(Cl)cccc2Cl)C=C1.[Zn+2]. The Hall–Kier alpha value is -4.18. The third-order valence-corrected chi connectivity index (χ3v) is 12.3. The van der Waals surface area contributed by atoms with E-state index in [0.717, 1.165) is 0 Å². The van der Waals surface area contributed by atoms with Gasteiger partial charge < -0.3 is 9.97 Å². The number of nitro groups is 1. The summed E-state index contributed by atoms with van der Waals surface area (Å²) in [5.74, 6) is 0. The molecule has 2 aliphatic rings. The van der Waals surface area contributed by atoms with Gasteiger partial charge in [-0.05, 0) is 77.4 Å². The fourth-order valence-corrected chi connectivity index (χ4v) is 9.60. The molecule has 7 nitrogen and oxygen atoms in total. The standard InChI is InChI=1S/C44H19Cl8N5O2.Zn/c45-20-5-1-6-21(46)36(20)40-28-13-14-29(53-28)41(37-22(47)7-2-8-23(37)48)31-17-18-33(55-31)43(39-26(51)11-4-12-27(39)52)44-35(57(58)59)19-34(56-44)42(32-16-15-30(40)54-32)38-24(49)9-3-10-25(38)50;/h1-19H;/q-2;+2. The Bertz CT molecular complexity index is 3130. The zero-order chi connectivity index (χ0) is 41.3. The number of halogens is 8. The van der Waals surface area contributed by atoms with Crippen LogP contribution in [0, 0.1) is 10.1 Å². The molecule has 0 spiro atoms. The van der Waals surface area contributed by atoms with Gasteiger partial charge in [-0.15, -0.1) is 22.1 Å². The second-order valence-corrected chi connectivity index (χ2v) is 16.4. The molecule has 0 aliphatic carbocycles. The number of hydrogen-bond acceptors (Lipinski definition) is 4. The van der Waals surface area contributed by atoms with Crippen molar-refractivity contribution < 1.29 is 24.4 Å². The van der Waals surface area contributed by atoms with Crippen molar-refractivity contribution in [2.75, 3.05) is 0 Å². The van der Waals surface area contributed by atoms with Crippen LogP contribution in [0.4, 0.5) is 0 Å². The van der Waals surface area contributed by atoms with Gasteiger partial charge in [0.15, 0.2) is 0 Å². The summed E-state index contributed by atoms with van der Waals surface area (Å²) in [7, 11) is 0. The zero-order valence-corrected chi connectivity index (χ0v) is 39.3. The van der Waals surface area contributed by atoms with E-state index in [1.165, 1.54) is 6.08 Å². The monoisotopic (exact) mass is 993 g/mol. The number of hydrogen-bond donors (Lipinski definition) is 0. The van der Waals surface area contributed by atoms with Crippen molar-refractivity contribution in [1.29, 1.82) is 0 Å². The minimum atomic E-state index is -0.536. The van der Waals surface area contributed by atoms with Crippen LogP contribution in [0.3, 0.4) is 0 Å². The van der Waals surface area contributed by atoms with Crippen molar-refractivity contribution in [2.24, 2.45) is 0 Å². The van der Waals surface area contributed by atoms with Crippen LogP contribution in [0.25, 0.3) is 90.5 Å². The van der Waals surface area contributed by atoms with E-state index in [1.54, 1.807) is 103 Å². The van der Waals surface area contributed by atoms with Crippen molar-refractivity contribution in [3.05, 3.63) is 170 Å². The first-order valence-electron chi connectivity index (χ1n) is 17.4. The average Bonchev–Trinajstić information content (AvgIpc) is 4.03. The Morgan fingerprint density at radius 1 is 0.417 bits per heavy atom. The smallest absolute Gasteiger partial charge is 0.657 e. The van der Waals surface area contributed by atoms with Crippen molar-refractivity contribution in [3.63, 3.8) is 0 Å². The molecular formula is C44H19Cl8N5O2Zn. The van der Waals surface area contributed by atoms with Crippen LogP contribution in [0.2, 0.25) is 40.2 Å². The van der Waals surface area contributed by atoms with Crippen molar-refractivity contribution in [3.8, 4) is 44.5 Å². The largest absolute Gasteiger partial charge is 2.00 e. The molecule has 9 rings (SSSR count). The molecule has 4 aromatic carbocycles. The number of fused-ring (bicyclic) bond motifs is 8. The van der Waals surface area contributed by atoms with Crippen molar-refractivity contribution in [1.82, 2.24) is 19.9 Å². The Morgan fingerprint density at radius 2 is 0.717 bits per heavy atom. The molecule has 5 heterocycles. The summed E-state index contributed by atoms with van der Waals surface area (Å²) in [4.78, 5) is 32.9. The summed E-state index contributed by atoms with van der Waals surface area (Å²) >= 11 is 55.2. The second kappa shape index (κ2) is 16.9. The van der Waals surface area contributed by atoms with E-state index in [9.17, 15) is 10.1 Å². The van der Waals surface area contributed by atoms with Crippen LogP contribution in [0.1, 0.15) is 22.8 Å². The first kappa shape index (κ1) is 42.5. The zero-order valence-electron chi connectivity index (χ0n) is 30.3. The first-order chi connectivity index (χ1) is 28.4. The Balaban J connectivity index is 0.00000499. The fraction of sp³-hybridized carbons (Fsp3) is 0. The summed E-state index contributed by atoms with van der Waals surface area (Å²) < 4.78 is 0. The van der Waals surface area contributed by atoms with Gasteiger partial charge in [-0.1, -0.05) is 141 Å². The molecule has 0 N–H and O–H groups in total. The minimum Gasteiger partial charge on any atom is -0.657 e. The molecule has 0 radical (unpaired) electrons. The third-order valence-electron chi connectivity index (χ3n) is 9.75. The van der Waals surface area contributed by atoms with Gasteiger partial charge in [0.2, 0.25) is 0 Å². The second-order valence-electron chi connectivity index (χ2n) is 13.2. The van der Waals surface area contributed by atoms with Gasteiger partial charge in [-0.2, -0.15) is 0 Å². The quantitative estimate of drug-likeness (QED) is 0.0968. The fourth-order valence-electron chi connectivity index (χ4n) is 7.26. The molecule has 0 amide bonds. The van der Waals surface area contributed by atoms with Crippen LogP contribution >= 0.6 is 92.8 Å². The summed E-state index contributed by atoms with van der Waals surface area (Å²) in [5.41, 5.74) is 4.90. The summed E-state index contributed by atoms with van der Waals surface area (Å²) in [5, 5.41) is 15.4. The maximum Gasteiger partial charge on any atom is 2.00 e. The molecule has 7 aromatic rings. The van der Waals surface area contributed by atoms with Gasteiger partial charge in [0, 0.05) is 74.1 Å². The molecule has 8 bridgehead atoms. The van der Waals surface area contributed by atoms with E-state index in [4.69, 9.17) is 113 Å². The van der Waals surface area contributed by atoms with Gasteiger partial charge in [-0.25, -0.2) is 9.97 Å². The molecule has 0 saturated carbocycles. The Kier molecular flexibility index (Phi) is 12.0. The van der Waals surface area contributed by atoms with Gasteiger partial charge in [0.25, 0.3) is 5.70 Å². The van der Waals surface area contributed by atoms with Crippen LogP contribution in [-0.4, -0.2) is 14.9 Å². The molecule has 0 unspecified atom stereocenters. The van der Waals surface area contributed by atoms with Crippen LogP contribution in [-0.2, 0) is 19.5 Å². The predicted molar refractivity (Wildman–Crippen MR) is 245 cm³/mol. The number of rotatable bonds is 5. The predicted octanol–water partition coefficient (Wildman–Crippen LogP) is 15.4. The molecule has 0 atom stereocenters. The normalized spacial score (nSPS) is 12.0. The van der Waals surface area contributed by atoms with Crippen molar-refractivity contribution >= 4 is 139 Å². The van der Waals surface area contributed by atoms with Crippen LogP contribution < -0.4 is 9.97 Å². The molecule has 2 aliphatic heterocycles. The topological polar surface area (TPSA) is 97.1 Å². The summed E-state index contributed by atoms with van der Waals surface area (Å²) in [6, 6.07) is 27.2. The van der Waals surface area contributed by atoms with E-state index in [-0.39, 0.29) is 73.3 Å².